The van der Waals surface area contributed by atoms with Gasteiger partial charge in [-0.1, -0.05) is 38.1 Å². The molecule has 0 unspecified atom stereocenters. The Bertz CT molecular complexity index is 881. The number of hydrogen-bond donors (Lipinski definition) is 3. The third kappa shape index (κ3) is 6.87. The van der Waals surface area contributed by atoms with Crippen molar-refractivity contribution in [2.45, 2.75) is 33.7 Å². The Morgan fingerprint density at radius 2 is 1.55 bits per heavy atom. The average Bonchev–Trinajstić information content (AvgIpc) is 2.66. The number of anilines is 1. The summed E-state index contributed by atoms with van der Waals surface area (Å²) in [6, 6.07) is 14.0. The van der Waals surface area contributed by atoms with Crippen LogP contribution in [0.2, 0.25) is 0 Å². The summed E-state index contributed by atoms with van der Waals surface area (Å²) in [6.45, 7) is 8.35. The molecule has 6 nitrogen and oxygen atoms in total. The van der Waals surface area contributed by atoms with Gasteiger partial charge < -0.3 is 15.4 Å². The van der Waals surface area contributed by atoms with Crippen LogP contribution >= 0.6 is 12.2 Å². The number of thiocarbonyl (C=S) groups is 1. The van der Waals surface area contributed by atoms with Crippen molar-refractivity contribution in [3.05, 3.63) is 59.7 Å². The van der Waals surface area contributed by atoms with Gasteiger partial charge in [-0.25, -0.2) is 0 Å². The van der Waals surface area contributed by atoms with Gasteiger partial charge in [0, 0.05) is 6.04 Å². The molecule has 7 heteroatoms. The maximum atomic E-state index is 12.7. The highest BCUT2D eigenvalue weighted by Gasteiger charge is 2.16. The zero-order chi connectivity index (χ0) is 21.4. The summed E-state index contributed by atoms with van der Waals surface area (Å²) >= 11 is 5.28. The van der Waals surface area contributed by atoms with Crippen molar-refractivity contribution in [3.63, 3.8) is 0 Å². The lowest BCUT2D eigenvalue weighted by Crippen LogP contribution is -2.36. The lowest BCUT2D eigenvalue weighted by atomic mass is 10.1. The minimum absolute atomic E-state index is 0.00421. The molecule has 2 amide bonds. The summed E-state index contributed by atoms with van der Waals surface area (Å²) in [5.41, 5.74) is 1.35. The van der Waals surface area contributed by atoms with E-state index >= 15 is 0 Å². The van der Waals surface area contributed by atoms with Gasteiger partial charge in [-0.15, -0.1) is 0 Å². The van der Waals surface area contributed by atoms with Crippen LogP contribution in [0.5, 0.6) is 5.75 Å². The van der Waals surface area contributed by atoms with Gasteiger partial charge in [0.05, 0.1) is 23.4 Å². The molecule has 0 radical (unpaired) electrons. The minimum Gasteiger partial charge on any atom is -0.492 e. The van der Waals surface area contributed by atoms with E-state index in [2.05, 4.69) is 16.0 Å². The molecule has 0 atom stereocenters. The second kappa shape index (κ2) is 10.6. The molecule has 0 aliphatic heterocycles. The predicted molar refractivity (Wildman–Crippen MR) is 120 cm³/mol. The lowest BCUT2D eigenvalue weighted by Gasteiger charge is -2.16. The fraction of sp³-hybridized carbons (Fsp3) is 0.318. The standard InChI is InChI=1S/C22H27N3O3S/c1-14(2)13-28-19-12-8-6-10-17(19)21(27)25-22(29)24-18-11-7-5-9-16(18)20(26)23-15(3)4/h5-12,14-15H,13H2,1-4H3,(H,23,26)(H2,24,25,27,29). The van der Waals surface area contributed by atoms with Gasteiger partial charge in [0.15, 0.2) is 5.11 Å². The van der Waals surface area contributed by atoms with Crippen LogP contribution < -0.4 is 20.7 Å². The van der Waals surface area contributed by atoms with Crippen molar-refractivity contribution < 1.29 is 14.3 Å². The van der Waals surface area contributed by atoms with Crippen molar-refractivity contribution in [2.24, 2.45) is 5.92 Å². The normalized spacial score (nSPS) is 10.6. The van der Waals surface area contributed by atoms with E-state index in [0.29, 0.717) is 35.1 Å². The van der Waals surface area contributed by atoms with Crippen LogP contribution in [0.4, 0.5) is 5.69 Å². The summed E-state index contributed by atoms with van der Waals surface area (Å²) in [5.74, 6) is 0.233. The summed E-state index contributed by atoms with van der Waals surface area (Å²) < 4.78 is 5.73. The first-order chi connectivity index (χ1) is 13.8. The quantitative estimate of drug-likeness (QED) is 0.598. The van der Waals surface area contributed by atoms with E-state index < -0.39 is 0 Å². The van der Waals surface area contributed by atoms with E-state index in [0.717, 1.165) is 0 Å². The van der Waals surface area contributed by atoms with Crippen LogP contribution in [-0.4, -0.2) is 29.6 Å². The lowest BCUT2D eigenvalue weighted by molar-refractivity contribution is 0.0942. The highest BCUT2D eigenvalue weighted by Crippen LogP contribution is 2.19. The molecule has 0 spiro atoms. The van der Waals surface area contributed by atoms with E-state index in [-0.39, 0.29) is 23.0 Å². The number of rotatable bonds is 7. The zero-order valence-corrected chi connectivity index (χ0v) is 17.9. The molecule has 2 rings (SSSR count). The molecule has 0 saturated heterocycles. The largest absolute Gasteiger partial charge is 0.492 e. The smallest absolute Gasteiger partial charge is 0.261 e. The molecular weight excluding hydrogens is 386 g/mol. The maximum Gasteiger partial charge on any atom is 0.261 e. The number of hydrogen-bond acceptors (Lipinski definition) is 4. The van der Waals surface area contributed by atoms with E-state index in [1.54, 1.807) is 42.5 Å². The highest BCUT2D eigenvalue weighted by molar-refractivity contribution is 7.80. The molecular formula is C22H27N3O3S. The third-order valence-electron chi connectivity index (χ3n) is 3.77. The van der Waals surface area contributed by atoms with Crippen LogP contribution in [0.3, 0.4) is 0 Å². The van der Waals surface area contributed by atoms with E-state index in [1.807, 2.05) is 33.8 Å². The average molecular weight is 414 g/mol. The van der Waals surface area contributed by atoms with Gasteiger partial charge in [-0.05, 0) is 56.2 Å². The maximum absolute atomic E-state index is 12.7. The van der Waals surface area contributed by atoms with Gasteiger partial charge in [-0.2, -0.15) is 0 Å². The number of nitrogens with one attached hydrogen (secondary N) is 3. The Labute approximate surface area is 177 Å². The molecule has 0 aliphatic rings. The summed E-state index contributed by atoms with van der Waals surface area (Å²) in [6.07, 6.45) is 0. The first-order valence-electron chi connectivity index (χ1n) is 9.52. The fourth-order valence-electron chi connectivity index (χ4n) is 2.49. The Kier molecular flexibility index (Phi) is 8.15. The van der Waals surface area contributed by atoms with Gasteiger partial charge in [0.1, 0.15) is 5.75 Å². The Hall–Kier alpha value is -2.93. The van der Waals surface area contributed by atoms with Crippen molar-refractivity contribution in [3.8, 4) is 5.75 Å². The Morgan fingerprint density at radius 1 is 0.931 bits per heavy atom. The van der Waals surface area contributed by atoms with Gasteiger partial charge in [-0.3, -0.25) is 14.9 Å². The SMILES string of the molecule is CC(C)COc1ccccc1C(=O)NC(=S)Nc1ccccc1C(=O)NC(C)C. The van der Waals surface area contributed by atoms with Crippen LogP contribution in [-0.2, 0) is 0 Å². The second-order valence-corrected chi connectivity index (χ2v) is 7.69. The number of ether oxygens (including phenoxy) is 1. The zero-order valence-electron chi connectivity index (χ0n) is 17.1. The van der Waals surface area contributed by atoms with Gasteiger partial charge in [0.25, 0.3) is 11.8 Å². The summed E-state index contributed by atoms with van der Waals surface area (Å²) in [4.78, 5) is 25.1. The molecule has 0 bridgehead atoms. The number of carbonyl (C=O) groups is 2. The van der Waals surface area contributed by atoms with Crippen molar-refractivity contribution in [1.82, 2.24) is 10.6 Å². The van der Waals surface area contributed by atoms with Crippen molar-refractivity contribution >= 4 is 34.8 Å². The molecule has 0 saturated carbocycles. The number of benzene rings is 2. The molecule has 0 fully saturated rings. The first-order valence-corrected chi connectivity index (χ1v) is 9.92. The molecule has 2 aromatic carbocycles. The van der Waals surface area contributed by atoms with Crippen LogP contribution in [0, 0.1) is 5.92 Å². The molecule has 0 heterocycles. The van der Waals surface area contributed by atoms with E-state index in [4.69, 9.17) is 17.0 Å². The number of para-hydroxylation sites is 2. The first kappa shape index (κ1) is 22.4. The van der Waals surface area contributed by atoms with Crippen molar-refractivity contribution in [2.75, 3.05) is 11.9 Å². The van der Waals surface area contributed by atoms with E-state index in [9.17, 15) is 9.59 Å². The molecule has 0 aromatic heterocycles. The predicted octanol–water partition coefficient (Wildman–Crippen LogP) is 3.99. The van der Waals surface area contributed by atoms with Crippen LogP contribution in [0.1, 0.15) is 48.4 Å². The molecule has 3 N–H and O–H groups in total. The van der Waals surface area contributed by atoms with Crippen molar-refractivity contribution in [1.29, 1.82) is 0 Å². The van der Waals surface area contributed by atoms with Gasteiger partial charge in [0.2, 0.25) is 0 Å². The monoisotopic (exact) mass is 413 g/mol. The molecule has 29 heavy (non-hydrogen) atoms. The van der Waals surface area contributed by atoms with Gasteiger partial charge >= 0.3 is 0 Å². The second-order valence-electron chi connectivity index (χ2n) is 7.28. The number of amides is 2. The van der Waals surface area contributed by atoms with E-state index in [1.165, 1.54) is 0 Å². The summed E-state index contributed by atoms with van der Waals surface area (Å²) in [5, 5.41) is 8.52. The fourth-order valence-corrected chi connectivity index (χ4v) is 2.69. The minimum atomic E-state index is -0.383. The third-order valence-corrected chi connectivity index (χ3v) is 3.97. The van der Waals surface area contributed by atoms with Crippen LogP contribution in [0.15, 0.2) is 48.5 Å². The topological polar surface area (TPSA) is 79.5 Å². The Balaban J connectivity index is 2.09. The summed E-state index contributed by atoms with van der Waals surface area (Å²) in [7, 11) is 0. The molecule has 0 aliphatic carbocycles. The highest BCUT2D eigenvalue weighted by atomic mass is 32.1. The number of carbonyl (C=O) groups excluding carboxylic acids is 2. The van der Waals surface area contributed by atoms with Crippen LogP contribution in [0.25, 0.3) is 0 Å². The Morgan fingerprint density at radius 3 is 2.21 bits per heavy atom. The molecule has 154 valence electrons. The molecule has 2 aromatic rings.